The monoisotopic (exact) mass is 476 g/mol. The van der Waals surface area contributed by atoms with Crippen LogP contribution in [0.1, 0.15) is 32.6 Å². The molecule has 0 saturated heterocycles. The highest BCUT2D eigenvalue weighted by Gasteiger charge is 2.33. The molecule has 5 atom stereocenters. The average molecular weight is 476 g/mol. The first-order chi connectivity index (χ1) is 15.1. The molecule has 12 N–H and O–H groups in total. The quantitative estimate of drug-likeness (QED) is 0.108. The van der Waals surface area contributed by atoms with Gasteiger partial charge in [-0.1, -0.05) is 0 Å². The summed E-state index contributed by atoms with van der Waals surface area (Å²) in [6, 6.07) is -6.51. The van der Waals surface area contributed by atoms with Gasteiger partial charge >= 0.3 is 11.9 Å². The zero-order valence-electron chi connectivity index (χ0n) is 17.6. The van der Waals surface area contributed by atoms with Crippen molar-refractivity contribution >= 4 is 41.5 Å². The van der Waals surface area contributed by atoms with Gasteiger partial charge in [0.25, 0.3) is 0 Å². The van der Waals surface area contributed by atoms with Crippen LogP contribution in [0.15, 0.2) is 0 Å². The molecule has 5 unspecified atom stereocenters. The first kappa shape index (κ1) is 29.2. The third-order valence-electron chi connectivity index (χ3n) is 4.12. The van der Waals surface area contributed by atoms with Crippen LogP contribution in [-0.2, 0) is 33.6 Å². The minimum Gasteiger partial charge on any atom is -0.481 e. The first-order valence-corrected chi connectivity index (χ1v) is 9.51. The number of aliphatic hydroxyl groups is 1. The highest BCUT2D eigenvalue weighted by Crippen LogP contribution is 2.03. The lowest BCUT2D eigenvalue weighted by atomic mass is 10.1. The van der Waals surface area contributed by atoms with E-state index < -0.39 is 97.4 Å². The van der Waals surface area contributed by atoms with E-state index in [2.05, 4.69) is 10.6 Å². The zero-order valence-corrected chi connectivity index (χ0v) is 17.6. The Labute approximate surface area is 187 Å². The van der Waals surface area contributed by atoms with Crippen molar-refractivity contribution in [2.24, 2.45) is 17.2 Å². The summed E-state index contributed by atoms with van der Waals surface area (Å²) in [5.41, 5.74) is 15.5. The van der Waals surface area contributed by atoms with E-state index in [1.54, 1.807) is 0 Å². The molecule has 0 bridgehead atoms. The molecule has 186 valence electrons. The Morgan fingerprint density at radius 1 is 0.788 bits per heavy atom. The van der Waals surface area contributed by atoms with Gasteiger partial charge in [-0.3, -0.25) is 28.8 Å². The number of aliphatic carboxylic acids is 2. The smallest absolute Gasteiger partial charge is 0.326 e. The molecular weight excluding hydrogens is 448 g/mol. The fraction of sp³-hybridized carbons (Fsp3) is 0.588. The second-order valence-corrected chi connectivity index (χ2v) is 7.07. The second kappa shape index (κ2) is 13.6. The summed E-state index contributed by atoms with van der Waals surface area (Å²) < 4.78 is 0. The minimum atomic E-state index is -1.72. The van der Waals surface area contributed by atoms with Gasteiger partial charge in [0.2, 0.25) is 29.5 Å². The molecule has 0 radical (unpaired) electrons. The molecule has 33 heavy (non-hydrogen) atoms. The topological polar surface area (TPSA) is 294 Å². The number of rotatable bonds is 15. The molecule has 0 aromatic heterocycles. The fourth-order valence-corrected chi connectivity index (χ4v) is 2.44. The lowest BCUT2D eigenvalue weighted by molar-refractivity contribution is -0.143. The number of nitrogens with one attached hydrogen (secondary N) is 3. The normalized spacial score (nSPS) is 15.1. The van der Waals surface area contributed by atoms with Crippen LogP contribution < -0.4 is 33.2 Å². The molecule has 16 heteroatoms. The average Bonchev–Trinajstić information content (AvgIpc) is 2.66. The molecule has 5 amide bonds. The van der Waals surface area contributed by atoms with E-state index in [1.807, 2.05) is 5.32 Å². The van der Waals surface area contributed by atoms with Gasteiger partial charge in [0.1, 0.15) is 18.1 Å². The summed E-state index contributed by atoms with van der Waals surface area (Å²) in [6.45, 7) is 1.11. The second-order valence-electron chi connectivity index (χ2n) is 7.07. The Bertz CT molecular complexity index is 786. The Balaban J connectivity index is 5.47. The van der Waals surface area contributed by atoms with Gasteiger partial charge in [-0.25, -0.2) is 4.79 Å². The Kier molecular flexibility index (Phi) is 12.0. The van der Waals surface area contributed by atoms with Crippen LogP contribution >= 0.6 is 0 Å². The van der Waals surface area contributed by atoms with Crippen LogP contribution in [0.3, 0.4) is 0 Å². The summed E-state index contributed by atoms with van der Waals surface area (Å²) in [4.78, 5) is 81.2. The van der Waals surface area contributed by atoms with Crippen molar-refractivity contribution in [3.63, 3.8) is 0 Å². The van der Waals surface area contributed by atoms with Gasteiger partial charge in [-0.05, 0) is 13.3 Å². The van der Waals surface area contributed by atoms with Crippen LogP contribution in [0.4, 0.5) is 0 Å². The minimum absolute atomic E-state index is 0.488. The Hall–Kier alpha value is -3.79. The fourth-order valence-electron chi connectivity index (χ4n) is 2.44. The Morgan fingerprint density at radius 3 is 1.73 bits per heavy atom. The predicted octanol–water partition coefficient (Wildman–Crippen LogP) is -5.15. The summed E-state index contributed by atoms with van der Waals surface area (Å²) in [7, 11) is 0. The van der Waals surface area contributed by atoms with Gasteiger partial charge in [-0.2, -0.15) is 0 Å². The van der Waals surface area contributed by atoms with Crippen molar-refractivity contribution in [3.8, 4) is 0 Å². The third kappa shape index (κ3) is 11.4. The largest absolute Gasteiger partial charge is 0.481 e. The van der Waals surface area contributed by atoms with Gasteiger partial charge in [0.05, 0.1) is 25.0 Å². The maximum atomic E-state index is 12.6. The standard InChI is InChI=1S/C17H28N6O10/c1-6(24)13(23-14(29)7(18)4-10(19)25)16(31)22-9(5-11(20)26)15(30)21-8(17(32)33)2-3-12(27)28/h6-9,13,24H,2-5,18H2,1H3,(H2,19,25)(H2,20,26)(H,21,30)(H,22,31)(H,23,29)(H,27,28)(H,32,33). The highest BCUT2D eigenvalue weighted by atomic mass is 16.4. The maximum Gasteiger partial charge on any atom is 0.326 e. The van der Waals surface area contributed by atoms with Gasteiger partial charge in [0, 0.05) is 6.42 Å². The van der Waals surface area contributed by atoms with Crippen molar-refractivity contribution in [2.45, 2.75) is 62.9 Å². The van der Waals surface area contributed by atoms with Crippen molar-refractivity contribution in [2.75, 3.05) is 0 Å². The molecule has 0 aromatic rings. The number of hydrogen-bond donors (Lipinski definition) is 9. The molecule has 0 heterocycles. The van der Waals surface area contributed by atoms with Crippen LogP contribution in [0.25, 0.3) is 0 Å². The van der Waals surface area contributed by atoms with E-state index >= 15 is 0 Å². The summed E-state index contributed by atoms with van der Waals surface area (Å²) >= 11 is 0. The van der Waals surface area contributed by atoms with Crippen LogP contribution in [-0.4, -0.2) is 87.1 Å². The molecule has 16 nitrogen and oxygen atoms in total. The van der Waals surface area contributed by atoms with Crippen LogP contribution in [0, 0.1) is 0 Å². The van der Waals surface area contributed by atoms with E-state index in [0.717, 1.165) is 6.92 Å². The number of primary amides is 2. The number of carboxylic acids is 2. The maximum absolute atomic E-state index is 12.6. The predicted molar refractivity (Wildman–Crippen MR) is 108 cm³/mol. The van der Waals surface area contributed by atoms with Gasteiger partial charge in [0.15, 0.2) is 0 Å². The zero-order chi connectivity index (χ0) is 25.9. The molecular formula is C17H28N6O10. The SMILES string of the molecule is CC(O)C(NC(=O)C(N)CC(N)=O)C(=O)NC(CC(N)=O)C(=O)NC(CCC(=O)O)C(=O)O. The number of carboxylic acid groups (broad SMARTS) is 2. The first-order valence-electron chi connectivity index (χ1n) is 9.51. The van der Waals surface area contributed by atoms with E-state index in [1.165, 1.54) is 0 Å². The molecule has 0 rings (SSSR count). The molecule has 0 fully saturated rings. The number of carbonyl (C=O) groups excluding carboxylic acids is 5. The molecule has 0 spiro atoms. The lowest BCUT2D eigenvalue weighted by Crippen LogP contribution is -2.60. The van der Waals surface area contributed by atoms with E-state index in [-0.39, 0.29) is 0 Å². The van der Waals surface area contributed by atoms with E-state index in [9.17, 15) is 38.7 Å². The van der Waals surface area contributed by atoms with E-state index in [4.69, 9.17) is 27.4 Å². The number of carbonyl (C=O) groups is 7. The van der Waals surface area contributed by atoms with Crippen LogP contribution in [0.5, 0.6) is 0 Å². The Morgan fingerprint density at radius 2 is 1.30 bits per heavy atom. The highest BCUT2D eigenvalue weighted by molar-refractivity contribution is 5.96. The lowest BCUT2D eigenvalue weighted by Gasteiger charge is -2.26. The van der Waals surface area contributed by atoms with Gasteiger partial charge in [-0.15, -0.1) is 0 Å². The van der Waals surface area contributed by atoms with Crippen molar-refractivity contribution in [1.29, 1.82) is 0 Å². The van der Waals surface area contributed by atoms with E-state index in [0.29, 0.717) is 0 Å². The van der Waals surface area contributed by atoms with Crippen molar-refractivity contribution < 1.29 is 48.9 Å². The molecule has 0 saturated carbocycles. The van der Waals surface area contributed by atoms with Crippen LogP contribution in [0.2, 0.25) is 0 Å². The molecule has 0 aliphatic heterocycles. The number of aliphatic hydroxyl groups excluding tert-OH is 1. The summed E-state index contributed by atoms with van der Waals surface area (Å²) in [5, 5.41) is 33.8. The molecule has 0 aromatic carbocycles. The summed E-state index contributed by atoms with van der Waals surface area (Å²) in [5.74, 6) is -8.21. The van der Waals surface area contributed by atoms with Crippen molar-refractivity contribution in [1.82, 2.24) is 16.0 Å². The summed E-state index contributed by atoms with van der Waals surface area (Å²) in [6.07, 6.45) is -3.96. The number of hydrogen-bond acceptors (Lipinski definition) is 9. The third-order valence-corrected chi connectivity index (χ3v) is 4.12. The number of amides is 5. The van der Waals surface area contributed by atoms with Crippen molar-refractivity contribution in [3.05, 3.63) is 0 Å². The molecule has 0 aliphatic carbocycles. The molecule has 0 aliphatic rings. The number of nitrogens with two attached hydrogens (primary N) is 3. The van der Waals surface area contributed by atoms with Gasteiger partial charge < -0.3 is 48.5 Å².